The summed E-state index contributed by atoms with van der Waals surface area (Å²) in [7, 11) is 0. The quantitative estimate of drug-likeness (QED) is 0.621. The van der Waals surface area contributed by atoms with Gasteiger partial charge in [-0.05, 0) is 18.6 Å². The second-order valence-corrected chi connectivity index (χ2v) is 4.30. The molecule has 0 radical (unpaired) electrons. The van der Waals surface area contributed by atoms with Gasteiger partial charge in [0, 0.05) is 18.0 Å². The van der Waals surface area contributed by atoms with E-state index in [2.05, 4.69) is 0 Å². The maximum atomic E-state index is 13.4. The molecule has 2 N–H and O–H groups in total. The van der Waals surface area contributed by atoms with Crippen molar-refractivity contribution in [3.8, 4) is 0 Å². The van der Waals surface area contributed by atoms with Crippen LogP contribution >= 0.6 is 35.6 Å². The monoisotopic (exact) mass is 325 g/mol. The van der Waals surface area contributed by atoms with E-state index in [1.807, 2.05) is 0 Å². The Morgan fingerprint density at radius 2 is 1.78 bits per heavy atom. The van der Waals surface area contributed by atoms with Crippen LogP contribution in [0.15, 0.2) is 12.1 Å². The maximum absolute atomic E-state index is 13.4. The van der Waals surface area contributed by atoms with Gasteiger partial charge in [0.1, 0.15) is 5.82 Å². The fraction of sp³-hybridized carbons (Fsp3) is 0.400. The molecular formula is C10H10Cl3F4N. The number of rotatable bonds is 3. The highest BCUT2D eigenvalue weighted by Crippen LogP contribution is 2.34. The lowest BCUT2D eigenvalue weighted by molar-refractivity contribution is -0.136. The van der Waals surface area contributed by atoms with Crippen molar-refractivity contribution < 1.29 is 17.6 Å². The van der Waals surface area contributed by atoms with Crippen LogP contribution in [-0.2, 0) is 0 Å². The van der Waals surface area contributed by atoms with E-state index >= 15 is 0 Å². The molecule has 1 nitrogen and oxygen atoms in total. The van der Waals surface area contributed by atoms with Gasteiger partial charge in [0.2, 0.25) is 0 Å². The number of alkyl halides is 3. The lowest BCUT2D eigenvalue weighted by Gasteiger charge is -2.16. The van der Waals surface area contributed by atoms with Gasteiger partial charge < -0.3 is 5.73 Å². The summed E-state index contributed by atoms with van der Waals surface area (Å²) in [6.07, 6.45) is -5.88. The molecule has 1 aromatic carbocycles. The minimum absolute atomic E-state index is 0. The van der Waals surface area contributed by atoms with Crippen molar-refractivity contribution in [2.75, 3.05) is 0 Å². The fourth-order valence-corrected chi connectivity index (χ4v) is 1.80. The summed E-state index contributed by atoms with van der Waals surface area (Å²) >= 11 is 11.4. The summed E-state index contributed by atoms with van der Waals surface area (Å²) in [5.41, 5.74) is 5.31. The predicted octanol–water partition coefficient (Wildman–Crippen LogP) is 4.90. The number of halogens is 7. The van der Waals surface area contributed by atoms with Gasteiger partial charge in [0.15, 0.2) is 0 Å². The zero-order chi connectivity index (χ0) is 13.2. The third kappa shape index (κ3) is 4.80. The fourth-order valence-electron chi connectivity index (χ4n) is 1.35. The minimum atomic E-state index is -4.33. The Balaban J connectivity index is 0.00000289. The lowest BCUT2D eigenvalue weighted by Crippen LogP contribution is -2.17. The summed E-state index contributed by atoms with van der Waals surface area (Å²) < 4.78 is 49.4. The molecule has 0 heterocycles. The molecule has 18 heavy (non-hydrogen) atoms. The predicted molar refractivity (Wildman–Crippen MR) is 65.9 cm³/mol. The van der Waals surface area contributed by atoms with Gasteiger partial charge in [-0.25, -0.2) is 4.39 Å². The van der Waals surface area contributed by atoms with Crippen LogP contribution in [0.3, 0.4) is 0 Å². The molecule has 0 saturated carbocycles. The summed E-state index contributed by atoms with van der Waals surface area (Å²) in [6, 6.07) is 1.11. The molecule has 0 aliphatic rings. The van der Waals surface area contributed by atoms with Crippen LogP contribution in [0.4, 0.5) is 17.6 Å². The Morgan fingerprint density at radius 3 is 2.28 bits per heavy atom. The molecule has 0 aromatic heterocycles. The highest BCUT2D eigenvalue weighted by molar-refractivity contribution is 6.42. The van der Waals surface area contributed by atoms with E-state index in [1.165, 1.54) is 6.07 Å². The third-order valence-corrected chi connectivity index (χ3v) is 3.01. The second-order valence-electron chi connectivity index (χ2n) is 3.52. The molecule has 8 heteroatoms. The minimum Gasteiger partial charge on any atom is -0.324 e. The first-order valence-electron chi connectivity index (χ1n) is 4.68. The molecule has 0 bridgehead atoms. The van der Waals surface area contributed by atoms with Crippen LogP contribution in [0, 0.1) is 5.82 Å². The Labute approximate surface area is 118 Å². The van der Waals surface area contributed by atoms with E-state index in [0.29, 0.717) is 0 Å². The molecular weight excluding hydrogens is 316 g/mol. The van der Waals surface area contributed by atoms with E-state index in [-0.39, 0.29) is 28.0 Å². The van der Waals surface area contributed by atoms with E-state index in [9.17, 15) is 17.6 Å². The lowest BCUT2D eigenvalue weighted by atomic mass is 10.0. The topological polar surface area (TPSA) is 26.0 Å². The summed E-state index contributed by atoms with van der Waals surface area (Å²) in [5, 5.41) is -0.0770. The van der Waals surface area contributed by atoms with Crippen molar-refractivity contribution in [1.29, 1.82) is 0 Å². The molecule has 0 amide bonds. The molecule has 1 atom stereocenters. The van der Waals surface area contributed by atoms with Gasteiger partial charge in [-0.3, -0.25) is 0 Å². The van der Waals surface area contributed by atoms with E-state index in [0.717, 1.165) is 6.07 Å². The number of benzene rings is 1. The molecule has 0 spiro atoms. The van der Waals surface area contributed by atoms with Gasteiger partial charge in [0.25, 0.3) is 0 Å². The smallest absolute Gasteiger partial charge is 0.324 e. The zero-order valence-electron chi connectivity index (χ0n) is 8.90. The van der Waals surface area contributed by atoms with Crippen LogP contribution in [0.2, 0.25) is 10.0 Å². The maximum Gasteiger partial charge on any atom is 0.389 e. The molecule has 0 aliphatic heterocycles. The van der Waals surface area contributed by atoms with Crippen molar-refractivity contribution >= 4 is 35.6 Å². The number of hydrogen-bond donors (Lipinski definition) is 1. The Kier molecular flexibility index (Phi) is 6.71. The van der Waals surface area contributed by atoms with Crippen molar-refractivity contribution in [3.05, 3.63) is 33.6 Å². The Hall–Kier alpha value is -0.230. The average molecular weight is 327 g/mol. The highest BCUT2D eigenvalue weighted by atomic mass is 35.5. The standard InChI is InChI=1S/C10H9Cl2F4N.ClH/c11-5-1-2-6(13)8(9(5)12)7(17)3-4-10(14,15)16;/h1-2,7H,3-4,17H2;1H/t7-;/m1./s1. The molecule has 1 aromatic rings. The molecule has 0 unspecified atom stereocenters. The first-order valence-corrected chi connectivity index (χ1v) is 5.43. The first-order chi connectivity index (χ1) is 7.72. The molecule has 0 aliphatic carbocycles. The molecule has 104 valence electrons. The SMILES string of the molecule is Cl.N[C@H](CCC(F)(F)F)c1c(F)ccc(Cl)c1Cl. The van der Waals surface area contributed by atoms with Crippen LogP contribution in [-0.4, -0.2) is 6.18 Å². The first kappa shape index (κ1) is 17.8. The van der Waals surface area contributed by atoms with Crippen LogP contribution in [0.25, 0.3) is 0 Å². The zero-order valence-corrected chi connectivity index (χ0v) is 11.2. The van der Waals surface area contributed by atoms with Crippen LogP contribution in [0.1, 0.15) is 24.4 Å². The van der Waals surface area contributed by atoms with E-state index in [1.54, 1.807) is 0 Å². The van der Waals surface area contributed by atoms with Crippen LogP contribution < -0.4 is 5.73 Å². The number of hydrogen-bond acceptors (Lipinski definition) is 1. The van der Waals surface area contributed by atoms with Gasteiger partial charge >= 0.3 is 6.18 Å². The third-order valence-electron chi connectivity index (χ3n) is 2.19. The highest BCUT2D eigenvalue weighted by Gasteiger charge is 2.29. The number of nitrogens with two attached hydrogens (primary N) is 1. The van der Waals surface area contributed by atoms with E-state index < -0.39 is 30.9 Å². The van der Waals surface area contributed by atoms with Crippen molar-refractivity contribution in [3.63, 3.8) is 0 Å². The van der Waals surface area contributed by atoms with Gasteiger partial charge in [0.05, 0.1) is 10.0 Å². The normalized spacial score (nSPS) is 13.1. The summed E-state index contributed by atoms with van der Waals surface area (Å²) in [6.45, 7) is 0. The second kappa shape index (κ2) is 6.80. The van der Waals surface area contributed by atoms with Gasteiger partial charge in [-0.2, -0.15) is 13.2 Å². The summed E-state index contributed by atoms with van der Waals surface area (Å²) in [4.78, 5) is 0. The van der Waals surface area contributed by atoms with Crippen molar-refractivity contribution in [2.24, 2.45) is 5.73 Å². The van der Waals surface area contributed by atoms with Gasteiger partial charge in [-0.15, -0.1) is 12.4 Å². The Bertz CT molecular complexity index is 409. The largest absolute Gasteiger partial charge is 0.389 e. The molecule has 1 rings (SSSR count). The average Bonchev–Trinajstić information content (AvgIpc) is 2.20. The molecule has 0 fully saturated rings. The Morgan fingerprint density at radius 1 is 1.22 bits per heavy atom. The van der Waals surface area contributed by atoms with Crippen molar-refractivity contribution in [1.82, 2.24) is 0 Å². The van der Waals surface area contributed by atoms with Crippen LogP contribution in [0.5, 0.6) is 0 Å². The molecule has 0 saturated heterocycles. The van der Waals surface area contributed by atoms with Gasteiger partial charge in [-0.1, -0.05) is 23.2 Å². The summed E-state index contributed by atoms with van der Waals surface area (Å²) in [5.74, 6) is -0.755. The van der Waals surface area contributed by atoms with E-state index in [4.69, 9.17) is 28.9 Å². The van der Waals surface area contributed by atoms with Crippen molar-refractivity contribution in [2.45, 2.75) is 25.1 Å².